The Bertz CT molecular complexity index is 1330. The predicted octanol–water partition coefficient (Wildman–Crippen LogP) is 5.43. The number of thiophene rings is 1. The Hall–Kier alpha value is -3.23. The zero-order valence-electron chi connectivity index (χ0n) is 16.0. The highest BCUT2D eigenvalue weighted by Gasteiger charge is 2.44. The van der Waals surface area contributed by atoms with E-state index in [1.54, 1.807) is 36.7 Å². The van der Waals surface area contributed by atoms with Crippen molar-refractivity contribution < 1.29 is 19.1 Å². The van der Waals surface area contributed by atoms with Crippen molar-refractivity contribution in [2.45, 2.75) is 12.6 Å². The molecule has 1 aliphatic heterocycles. The maximum atomic E-state index is 13.5. The zero-order chi connectivity index (χ0) is 21.5. The molecule has 0 saturated heterocycles. The van der Waals surface area contributed by atoms with Crippen LogP contribution in [0.3, 0.4) is 0 Å². The van der Waals surface area contributed by atoms with E-state index in [-0.39, 0.29) is 17.9 Å². The monoisotopic (exact) mass is 494 g/mol. The van der Waals surface area contributed by atoms with Crippen LogP contribution in [0, 0.1) is 0 Å². The molecule has 31 heavy (non-hydrogen) atoms. The van der Waals surface area contributed by atoms with Gasteiger partial charge in [-0.05, 0) is 53.4 Å². The topological polar surface area (TPSA) is 83.6 Å². The van der Waals surface area contributed by atoms with Crippen molar-refractivity contribution in [2.75, 3.05) is 0 Å². The minimum atomic E-state index is -0.745. The molecular weight excluding hydrogens is 480 g/mol. The number of hydrogen-bond donors (Lipinski definition) is 1. The fraction of sp³-hybridized carbons (Fsp3) is 0.0870. The summed E-state index contributed by atoms with van der Waals surface area (Å²) in [6, 6.07) is 13.6. The third-order valence-electron chi connectivity index (χ3n) is 5.18. The number of pyridine rings is 1. The third-order valence-corrected chi connectivity index (χ3v) is 6.53. The van der Waals surface area contributed by atoms with Crippen LogP contribution in [0.5, 0.6) is 0 Å². The minimum Gasteiger partial charge on any atom is -0.503 e. The molecule has 0 aliphatic carbocycles. The van der Waals surface area contributed by atoms with E-state index in [4.69, 9.17) is 4.42 Å². The molecule has 1 amide bonds. The number of fused-ring (bicyclic) bond motifs is 1. The summed E-state index contributed by atoms with van der Waals surface area (Å²) in [4.78, 5) is 33.0. The number of carbonyl (C=O) groups excluding carboxylic acids is 2. The molecule has 3 aromatic heterocycles. The predicted molar refractivity (Wildman–Crippen MR) is 120 cm³/mol. The van der Waals surface area contributed by atoms with Gasteiger partial charge in [0.05, 0.1) is 18.2 Å². The zero-order valence-corrected chi connectivity index (χ0v) is 18.4. The summed E-state index contributed by atoms with van der Waals surface area (Å²) in [6.45, 7) is 0.275. The highest BCUT2D eigenvalue weighted by molar-refractivity contribution is 9.10. The van der Waals surface area contributed by atoms with Crippen LogP contribution in [0.15, 0.2) is 86.5 Å². The first kappa shape index (κ1) is 19.7. The van der Waals surface area contributed by atoms with E-state index in [0.29, 0.717) is 11.1 Å². The van der Waals surface area contributed by atoms with Crippen LogP contribution in [0.4, 0.5) is 0 Å². The summed E-state index contributed by atoms with van der Waals surface area (Å²) in [5.74, 6) is -1.59. The summed E-state index contributed by atoms with van der Waals surface area (Å²) in [7, 11) is 0. The number of carbonyl (C=O) groups is 2. The van der Waals surface area contributed by atoms with Crippen molar-refractivity contribution in [3.63, 3.8) is 0 Å². The van der Waals surface area contributed by atoms with Crippen molar-refractivity contribution in [3.05, 3.63) is 98.3 Å². The molecule has 0 bridgehead atoms. The smallest absolute Gasteiger partial charge is 0.290 e. The van der Waals surface area contributed by atoms with E-state index in [1.165, 1.54) is 16.2 Å². The molecule has 154 valence electrons. The van der Waals surface area contributed by atoms with Gasteiger partial charge in [-0.3, -0.25) is 14.6 Å². The molecule has 1 unspecified atom stereocenters. The van der Waals surface area contributed by atoms with Crippen molar-refractivity contribution in [1.29, 1.82) is 0 Å². The highest BCUT2D eigenvalue weighted by Crippen LogP contribution is 2.40. The van der Waals surface area contributed by atoms with E-state index in [0.717, 1.165) is 14.7 Å². The number of hydrogen-bond acceptors (Lipinski definition) is 6. The number of Topliss-reactive ketones (excluding diaryl/α,β-unsaturated/α-hetero) is 1. The van der Waals surface area contributed by atoms with E-state index >= 15 is 0 Å². The van der Waals surface area contributed by atoms with Crippen LogP contribution in [-0.2, 0) is 11.3 Å². The van der Waals surface area contributed by atoms with Gasteiger partial charge < -0.3 is 14.4 Å². The van der Waals surface area contributed by atoms with Crippen LogP contribution < -0.4 is 0 Å². The molecule has 0 spiro atoms. The second-order valence-corrected chi connectivity index (χ2v) is 9.03. The van der Waals surface area contributed by atoms with Gasteiger partial charge in [-0.2, -0.15) is 0 Å². The van der Waals surface area contributed by atoms with Crippen LogP contribution >= 0.6 is 27.3 Å². The lowest BCUT2D eigenvalue weighted by Gasteiger charge is -2.26. The number of benzene rings is 1. The molecule has 5 rings (SSSR count). The lowest BCUT2D eigenvalue weighted by atomic mass is 9.95. The van der Waals surface area contributed by atoms with Crippen LogP contribution in [0.1, 0.15) is 27.0 Å². The van der Waals surface area contributed by atoms with E-state index in [1.807, 2.05) is 29.6 Å². The van der Waals surface area contributed by atoms with Gasteiger partial charge in [0.1, 0.15) is 5.58 Å². The summed E-state index contributed by atoms with van der Waals surface area (Å²) >= 11 is 4.91. The molecule has 1 atom stereocenters. The third kappa shape index (κ3) is 3.47. The van der Waals surface area contributed by atoms with Gasteiger partial charge in [-0.25, -0.2) is 0 Å². The van der Waals surface area contributed by atoms with Crippen LogP contribution in [0.2, 0.25) is 0 Å². The molecular formula is C23H15BrN2O4S. The first-order valence-electron chi connectivity index (χ1n) is 9.43. The Labute approximate surface area is 189 Å². The number of nitrogens with zero attached hydrogens (tertiary/aromatic N) is 2. The fourth-order valence-electron chi connectivity index (χ4n) is 3.77. The van der Waals surface area contributed by atoms with Crippen molar-refractivity contribution >= 4 is 49.9 Å². The standard InChI is InChI=1S/C23H15BrN2O4S/c24-15-3-4-17-14(10-15)11-18(30-17)21(27)19-20(13-5-7-25-8-6-13)26(23(29)22(19)28)12-16-2-1-9-31-16/h1-11,20,28H,12H2. The Morgan fingerprint density at radius 1 is 1.19 bits per heavy atom. The molecule has 1 aliphatic rings. The summed E-state index contributed by atoms with van der Waals surface area (Å²) in [6.07, 6.45) is 3.19. The summed E-state index contributed by atoms with van der Waals surface area (Å²) in [5.41, 5.74) is 1.24. The molecule has 0 radical (unpaired) electrons. The molecule has 0 saturated carbocycles. The second kappa shape index (κ2) is 7.79. The number of halogens is 1. The molecule has 8 heteroatoms. The molecule has 1 N–H and O–H groups in total. The van der Waals surface area contributed by atoms with Crippen LogP contribution in [-0.4, -0.2) is 26.7 Å². The maximum absolute atomic E-state index is 13.5. The van der Waals surface area contributed by atoms with Gasteiger partial charge in [-0.15, -0.1) is 11.3 Å². The number of rotatable bonds is 5. The van der Waals surface area contributed by atoms with Crippen molar-refractivity contribution in [2.24, 2.45) is 0 Å². The second-order valence-electron chi connectivity index (χ2n) is 7.08. The largest absolute Gasteiger partial charge is 0.503 e. The number of aliphatic hydroxyl groups excluding tert-OH is 1. The average Bonchev–Trinajstić information content (AvgIpc) is 3.49. The Morgan fingerprint density at radius 2 is 2.00 bits per heavy atom. The lowest BCUT2D eigenvalue weighted by molar-refractivity contribution is -0.130. The van der Waals surface area contributed by atoms with Gasteiger partial charge in [-0.1, -0.05) is 22.0 Å². The minimum absolute atomic E-state index is 0.00544. The number of aromatic nitrogens is 1. The Kier molecular flexibility index (Phi) is 4.95. The van der Waals surface area contributed by atoms with Gasteiger partial charge in [0.25, 0.3) is 5.91 Å². The van der Waals surface area contributed by atoms with Gasteiger partial charge >= 0.3 is 0 Å². The highest BCUT2D eigenvalue weighted by atomic mass is 79.9. The van der Waals surface area contributed by atoms with E-state index in [9.17, 15) is 14.7 Å². The first-order chi connectivity index (χ1) is 15.0. The Morgan fingerprint density at radius 3 is 2.74 bits per heavy atom. The van der Waals surface area contributed by atoms with E-state index in [2.05, 4.69) is 20.9 Å². The first-order valence-corrected chi connectivity index (χ1v) is 11.1. The maximum Gasteiger partial charge on any atom is 0.290 e. The average molecular weight is 495 g/mol. The quantitative estimate of drug-likeness (QED) is 0.374. The molecule has 0 fully saturated rings. The number of aliphatic hydroxyl groups is 1. The number of amides is 1. The fourth-order valence-corrected chi connectivity index (χ4v) is 4.85. The van der Waals surface area contributed by atoms with Crippen molar-refractivity contribution in [3.8, 4) is 0 Å². The summed E-state index contributed by atoms with van der Waals surface area (Å²) < 4.78 is 6.61. The van der Waals surface area contributed by atoms with Crippen LogP contribution in [0.25, 0.3) is 11.0 Å². The summed E-state index contributed by atoms with van der Waals surface area (Å²) in [5, 5.41) is 13.4. The Balaban J connectivity index is 1.60. The SMILES string of the molecule is O=C(C1=C(O)C(=O)N(Cc2cccs2)C1c1ccncc1)c1cc2cc(Br)ccc2o1. The normalized spacial score (nSPS) is 16.5. The molecule has 1 aromatic carbocycles. The molecule has 6 nitrogen and oxygen atoms in total. The molecule has 4 aromatic rings. The number of ketones is 1. The van der Waals surface area contributed by atoms with Gasteiger partial charge in [0.15, 0.2) is 11.5 Å². The van der Waals surface area contributed by atoms with Gasteiger partial charge in [0, 0.05) is 27.1 Å². The molecule has 4 heterocycles. The van der Waals surface area contributed by atoms with Gasteiger partial charge in [0.2, 0.25) is 5.78 Å². The van der Waals surface area contributed by atoms with E-state index < -0.39 is 23.5 Å². The van der Waals surface area contributed by atoms with Crippen molar-refractivity contribution in [1.82, 2.24) is 9.88 Å². The lowest BCUT2D eigenvalue weighted by Crippen LogP contribution is -2.30. The number of furan rings is 1.